The van der Waals surface area contributed by atoms with Crippen molar-refractivity contribution in [3.63, 3.8) is 0 Å². The first-order valence-electron chi connectivity index (χ1n) is 4.47. The van der Waals surface area contributed by atoms with Gasteiger partial charge in [-0.25, -0.2) is 0 Å². The van der Waals surface area contributed by atoms with Crippen molar-refractivity contribution in [3.05, 3.63) is 10.6 Å². The minimum absolute atomic E-state index is 0.128. The van der Waals surface area contributed by atoms with Gasteiger partial charge in [-0.3, -0.25) is 0 Å². The van der Waals surface area contributed by atoms with E-state index < -0.39 is 8.07 Å². The molecule has 0 fully saturated rings. The Labute approximate surface area is 90.7 Å². The number of halogens is 1. The largest absolute Gasteiger partial charge is 0.301 e. The molecule has 0 radical (unpaired) electrons. The summed E-state index contributed by atoms with van der Waals surface area (Å²) < 4.78 is 0.919. The molecule has 0 bridgehead atoms. The second-order valence-corrected chi connectivity index (χ2v) is 11.5. The van der Waals surface area contributed by atoms with E-state index in [0.717, 1.165) is 4.48 Å². The van der Waals surface area contributed by atoms with Crippen LogP contribution in [0.1, 0.15) is 27.7 Å². The molecule has 0 saturated heterocycles. The lowest BCUT2D eigenvalue weighted by molar-refractivity contribution is -0.108. The molecule has 0 unspecified atom stereocenters. The molecule has 0 rings (SSSR count). The predicted octanol–water partition coefficient (Wildman–Crippen LogP) is 3.90. The molecule has 0 saturated carbocycles. The van der Waals surface area contributed by atoms with Crippen LogP contribution in [0, 0.1) is 0 Å². The normalized spacial score (nSPS) is 14.5. The first kappa shape index (κ1) is 13.1. The van der Waals surface area contributed by atoms with Crippen molar-refractivity contribution in [2.24, 2.45) is 0 Å². The molecule has 0 N–H and O–H groups in total. The monoisotopic (exact) mass is 262 g/mol. The van der Waals surface area contributed by atoms with Crippen LogP contribution < -0.4 is 0 Å². The van der Waals surface area contributed by atoms with Crippen LogP contribution in [0.3, 0.4) is 0 Å². The Morgan fingerprint density at radius 2 is 1.69 bits per heavy atom. The van der Waals surface area contributed by atoms with E-state index in [1.54, 1.807) is 6.08 Å². The van der Waals surface area contributed by atoms with Gasteiger partial charge in [0.25, 0.3) is 0 Å². The fourth-order valence-electron chi connectivity index (χ4n) is 0.731. The van der Waals surface area contributed by atoms with Crippen molar-refractivity contribution < 1.29 is 4.79 Å². The Kier molecular flexibility index (Phi) is 4.12. The lowest BCUT2D eigenvalue weighted by Crippen LogP contribution is -2.45. The predicted molar refractivity (Wildman–Crippen MR) is 64.9 cm³/mol. The standard InChI is InChI=1S/C10H19BrOSi/c1-8(11)7-9(12)13(5,6)10(2,3)4/h7H,1-6H3/b8-7+. The molecule has 0 aliphatic carbocycles. The number of rotatable bonds is 2. The maximum atomic E-state index is 11.9. The number of carbonyl (C=O) groups excluding carboxylic acids is 1. The highest BCUT2D eigenvalue weighted by Crippen LogP contribution is 2.36. The summed E-state index contributed by atoms with van der Waals surface area (Å²) in [6.07, 6.45) is 1.72. The van der Waals surface area contributed by atoms with Crippen molar-refractivity contribution in [2.45, 2.75) is 45.8 Å². The van der Waals surface area contributed by atoms with Crippen LogP contribution in [0.4, 0.5) is 0 Å². The molecule has 0 aromatic rings. The molecule has 0 heterocycles. The van der Waals surface area contributed by atoms with Gasteiger partial charge in [0.2, 0.25) is 0 Å². The molecule has 0 aliphatic heterocycles. The van der Waals surface area contributed by atoms with Crippen LogP contribution in [0.15, 0.2) is 10.6 Å². The van der Waals surface area contributed by atoms with Crippen molar-refractivity contribution in [2.75, 3.05) is 0 Å². The van der Waals surface area contributed by atoms with Crippen LogP contribution in [0.25, 0.3) is 0 Å². The lowest BCUT2D eigenvalue weighted by atomic mass is 10.2. The van der Waals surface area contributed by atoms with E-state index in [1.165, 1.54) is 0 Å². The van der Waals surface area contributed by atoms with Gasteiger partial charge < -0.3 is 4.79 Å². The van der Waals surface area contributed by atoms with Crippen molar-refractivity contribution in [1.29, 1.82) is 0 Å². The molecule has 3 heteroatoms. The number of hydrogen-bond acceptors (Lipinski definition) is 1. The van der Waals surface area contributed by atoms with Gasteiger partial charge >= 0.3 is 0 Å². The van der Waals surface area contributed by atoms with E-state index >= 15 is 0 Å². The van der Waals surface area contributed by atoms with Gasteiger partial charge in [-0.05, 0) is 22.5 Å². The lowest BCUT2D eigenvalue weighted by Gasteiger charge is -2.34. The van der Waals surface area contributed by atoms with Gasteiger partial charge in [-0.15, -0.1) is 0 Å². The highest BCUT2D eigenvalue weighted by molar-refractivity contribution is 9.11. The fourth-order valence-corrected chi connectivity index (χ4v) is 2.47. The zero-order valence-corrected chi connectivity index (χ0v) is 11.9. The van der Waals surface area contributed by atoms with Crippen molar-refractivity contribution >= 4 is 29.4 Å². The average Bonchev–Trinajstić information content (AvgIpc) is 1.82. The number of allylic oxidation sites excluding steroid dienone is 2. The minimum Gasteiger partial charge on any atom is -0.301 e. The van der Waals surface area contributed by atoms with Crippen LogP contribution >= 0.6 is 15.9 Å². The van der Waals surface area contributed by atoms with Gasteiger partial charge in [0.15, 0.2) is 0 Å². The summed E-state index contributed by atoms with van der Waals surface area (Å²) in [4.78, 5) is 11.9. The third-order valence-electron chi connectivity index (χ3n) is 2.82. The van der Waals surface area contributed by atoms with Crippen molar-refractivity contribution in [1.82, 2.24) is 0 Å². The van der Waals surface area contributed by atoms with E-state index in [4.69, 9.17) is 0 Å². The zero-order chi connectivity index (χ0) is 10.9. The fraction of sp³-hybridized carbons (Fsp3) is 0.700. The molecule has 0 atom stereocenters. The molecule has 0 amide bonds. The average molecular weight is 263 g/mol. The summed E-state index contributed by atoms with van der Waals surface area (Å²) in [6, 6.07) is 0. The minimum atomic E-state index is -1.82. The van der Waals surface area contributed by atoms with Gasteiger partial charge in [0, 0.05) is 0 Å². The first-order chi connectivity index (χ1) is 5.59. The Morgan fingerprint density at radius 1 is 1.31 bits per heavy atom. The summed E-state index contributed by atoms with van der Waals surface area (Å²) in [5.41, 5.74) is 0. The molecule has 0 aliphatic rings. The highest BCUT2D eigenvalue weighted by atomic mass is 79.9. The van der Waals surface area contributed by atoms with E-state index in [9.17, 15) is 4.79 Å². The Bertz CT molecular complexity index is 232. The topological polar surface area (TPSA) is 17.1 Å². The van der Waals surface area contributed by atoms with Gasteiger partial charge in [0.1, 0.15) is 13.5 Å². The molecule has 1 nitrogen and oxygen atoms in total. The van der Waals surface area contributed by atoms with E-state index in [0.29, 0.717) is 5.41 Å². The molecule has 76 valence electrons. The van der Waals surface area contributed by atoms with Crippen LogP contribution in [-0.4, -0.2) is 13.5 Å². The second kappa shape index (κ2) is 4.09. The van der Waals surface area contributed by atoms with E-state index in [2.05, 4.69) is 49.8 Å². The molecule has 0 aromatic carbocycles. The summed E-state index contributed by atoms with van der Waals surface area (Å²) in [7, 11) is -1.82. The highest BCUT2D eigenvalue weighted by Gasteiger charge is 2.40. The van der Waals surface area contributed by atoms with Gasteiger partial charge in [0.05, 0.1) is 0 Å². The Morgan fingerprint density at radius 3 is 1.92 bits per heavy atom. The zero-order valence-electron chi connectivity index (χ0n) is 9.36. The number of hydrogen-bond donors (Lipinski definition) is 0. The van der Waals surface area contributed by atoms with Gasteiger partial charge in [-0.2, -0.15) is 0 Å². The van der Waals surface area contributed by atoms with Crippen LogP contribution in [-0.2, 0) is 4.79 Å². The van der Waals surface area contributed by atoms with Crippen molar-refractivity contribution in [3.8, 4) is 0 Å². The third kappa shape index (κ3) is 3.39. The molecular weight excluding hydrogens is 244 g/mol. The molecule has 0 aromatic heterocycles. The maximum Gasteiger partial charge on any atom is 0.137 e. The second-order valence-electron chi connectivity index (χ2n) is 4.97. The van der Waals surface area contributed by atoms with E-state index in [1.807, 2.05) is 6.92 Å². The summed E-state index contributed by atoms with van der Waals surface area (Å²) in [5.74, 6) is 0. The third-order valence-corrected chi connectivity index (χ3v) is 8.18. The Balaban J connectivity index is 4.87. The number of carbonyl (C=O) groups is 1. The van der Waals surface area contributed by atoms with Gasteiger partial charge in [-0.1, -0.05) is 49.8 Å². The smallest absolute Gasteiger partial charge is 0.137 e. The molecular formula is C10H19BrOSi. The quantitative estimate of drug-likeness (QED) is 0.545. The summed E-state index contributed by atoms with van der Waals surface area (Å²) >= 11 is 3.30. The maximum absolute atomic E-state index is 11.9. The Hall–Kier alpha value is 0.107. The van der Waals surface area contributed by atoms with Crippen LogP contribution in [0.2, 0.25) is 18.1 Å². The molecule has 0 spiro atoms. The van der Waals surface area contributed by atoms with Crippen LogP contribution in [0.5, 0.6) is 0 Å². The summed E-state index contributed by atoms with van der Waals surface area (Å²) in [5, 5.41) is 0.442. The van der Waals surface area contributed by atoms with E-state index in [-0.39, 0.29) is 5.04 Å². The first-order valence-corrected chi connectivity index (χ1v) is 8.26. The molecule has 13 heavy (non-hydrogen) atoms. The summed E-state index contributed by atoms with van der Waals surface area (Å²) in [6.45, 7) is 12.6. The SMILES string of the molecule is C/C(Br)=C\C(=O)[Si](C)(C)C(C)(C)C.